The van der Waals surface area contributed by atoms with E-state index in [1.165, 1.54) is 0 Å². The Morgan fingerprint density at radius 2 is 1.75 bits per heavy atom. The standard InChI is InChI=1S/C9H20N2O/c1-6-11(7-2)8(3)10(5)9(4)12/h8H,6-7H2,1-5H3. The van der Waals surface area contributed by atoms with Crippen molar-refractivity contribution in [2.75, 3.05) is 20.1 Å². The second-order valence-electron chi connectivity index (χ2n) is 2.98. The highest BCUT2D eigenvalue weighted by molar-refractivity contribution is 5.73. The predicted octanol–water partition coefficient (Wildman–Crippen LogP) is 1.15. The van der Waals surface area contributed by atoms with Crippen molar-refractivity contribution in [1.29, 1.82) is 0 Å². The minimum absolute atomic E-state index is 0.120. The maximum atomic E-state index is 11.0. The zero-order valence-electron chi connectivity index (χ0n) is 8.79. The van der Waals surface area contributed by atoms with Crippen molar-refractivity contribution in [3.8, 4) is 0 Å². The number of hydrogen-bond acceptors (Lipinski definition) is 2. The summed E-state index contributed by atoms with van der Waals surface area (Å²) in [4.78, 5) is 15.0. The van der Waals surface area contributed by atoms with E-state index in [-0.39, 0.29) is 12.1 Å². The van der Waals surface area contributed by atoms with E-state index < -0.39 is 0 Å². The minimum atomic E-state index is 0.120. The van der Waals surface area contributed by atoms with Gasteiger partial charge in [0.15, 0.2) is 0 Å². The maximum Gasteiger partial charge on any atom is 0.220 e. The van der Waals surface area contributed by atoms with Gasteiger partial charge in [-0.05, 0) is 20.0 Å². The Morgan fingerprint density at radius 1 is 1.33 bits per heavy atom. The predicted molar refractivity (Wildman–Crippen MR) is 50.8 cm³/mol. The average molecular weight is 172 g/mol. The van der Waals surface area contributed by atoms with Crippen LogP contribution in [0.3, 0.4) is 0 Å². The van der Waals surface area contributed by atoms with Gasteiger partial charge >= 0.3 is 0 Å². The molecule has 0 rings (SSSR count). The number of carbonyl (C=O) groups is 1. The van der Waals surface area contributed by atoms with Gasteiger partial charge in [-0.2, -0.15) is 0 Å². The van der Waals surface area contributed by atoms with Crippen LogP contribution in [0.25, 0.3) is 0 Å². The monoisotopic (exact) mass is 172 g/mol. The van der Waals surface area contributed by atoms with Gasteiger partial charge < -0.3 is 4.90 Å². The van der Waals surface area contributed by atoms with E-state index in [4.69, 9.17) is 0 Å². The molecule has 0 saturated carbocycles. The number of hydrogen-bond donors (Lipinski definition) is 0. The fourth-order valence-electron chi connectivity index (χ4n) is 1.26. The highest BCUT2D eigenvalue weighted by atomic mass is 16.2. The van der Waals surface area contributed by atoms with Crippen LogP contribution in [0.5, 0.6) is 0 Å². The highest BCUT2D eigenvalue weighted by Gasteiger charge is 2.16. The van der Waals surface area contributed by atoms with Gasteiger partial charge in [-0.25, -0.2) is 0 Å². The fourth-order valence-corrected chi connectivity index (χ4v) is 1.26. The van der Waals surface area contributed by atoms with E-state index in [0.717, 1.165) is 13.1 Å². The van der Waals surface area contributed by atoms with Gasteiger partial charge in [0, 0.05) is 14.0 Å². The topological polar surface area (TPSA) is 23.6 Å². The Morgan fingerprint density at radius 3 is 2.00 bits per heavy atom. The second-order valence-corrected chi connectivity index (χ2v) is 2.98. The molecule has 0 radical (unpaired) electrons. The Kier molecular flexibility index (Phi) is 4.90. The molecule has 0 aliphatic heterocycles. The lowest BCUT2D eigenvalue weighted by Crippen LogP contribution is -2.46. The van der Waals surface area contributed by atoms with E-state index in [2.05, 4.69) is 25.7 Å². The summed E-state index contributed by atoms with van der Waals surface area (Å²) in [5, 5.41) is 0. The van der Waals surface area contributed by atoms with E-state index >= 15 is 0 Å². The molecule has 0 spiro atoms. The van der Waals surface area contributed by atoms with E-state index in [1.54, 1.807) is 11.8 Å². The lowest BCUT2D eigenvalue weighted by atomic mass is 10.4. The summed E-state index contributed by atoms with van der Waals surface area (Å²) in [5.74, 6) is 0.120. The molecule has 3 heteroatoms. The van der Waals surface area contributed by atoms with Crippen molar-refractivity contribution in [3.05, 3.63) is 0 Å². The number of amides is 1. The van der Waals surface area contributed by atoms with Crippen LogP contribution in [0.15, 0.2) is 0 Å². The largest absolute Gasteiger partial charge is 0.331 e. The maximum absolute atomic E-state index is 11.0. The average Bonchev–Trinajstić information content (AvgIpc) is 2.05. The summed E-state index contributed by atoms with van der Waals surface area (Å²) in [6.45, 7) is 9.82. The number of rotatable bonds is 4. The zero-order valence-corrected chi connectivity index (χ0v) is 8.79. The quantitative estimate of drug-likeness (QED) is 0.594. The summed E-state index contributed by atoms with van der Waals surface area (Å²) in [6.07, 6.45) is 0.206. The molecule has 72 valence electrons. The van der Waals surface area contributed by atoms with Gasteiger partial charge in [-0.1, -0.05) is 13.8 Å². The van der Waals surface area contributed by atoms with Crippen LogP contribution < -0.4 is 0 Å². The van der Waals surface area contributed by atoms with Gasteiger partial charge in [0.05, 0.1) is 6.17 Å². The molecule has 0 aliphatic rings. The van der Waals surface area contributed by atoms with Gasteiger partial charge in [0.25, 0.3) is 0 Å². The smallest absolute Gasteiger partial charge is 0.220 e. The van der Waals surface area contributed by atoms with E-state index in [0.29, 0.717) is 0 Å². The Labute approximate surface area is 75.3 Å². The molecule has 0 aliphatic carbocycles. The first-order valence-corrected chi connectivity index (χ1v) is 4.52. The summed E-state index contributed by atoms with van der Waals surface area (Å²) >= 11 is 0. The summed E-state index contributed by atoms with van der Waals surface area (Å²) < 4.78 is 0. The van der Waals surface area contributed by atoms with Crippen molar-refractivity contribution in [2.45, 2.75) is 33.9 Å². The first-order valence-electron chi connectivity index (χ1n) is 4.52. The first kappa shape index (κ1) is 11.4. The van der Waals surface area contributed by atoms with Crippen molar-refractivity contribution in [3.63, 3.8) is 0 Å². The van der Waals surface area contributed by atoms with Crippen LogP contribution >= 0.6 is 0 Å². The molecular formula is C9H20N2O. The van der Waals surface area contributed by atoms with Crippen molar-refractivity contribution in [2.24, 2.45) is 0 Å². The Balaban J connectivity index is 4.14. The van der Waals surface area contributed by atoms with Gasteiger partial charge in [0.1, 0.15) is 0 Å². The molecule has 0 aromatic heterocycles. The summed E-state index contributed by atoms with van der Waals surface area (Å²) in [5.41, 5.74) is 0. The molecule has 0 fully saturated rings. The minimum Gasteiger partial charge on any atom is -0.331 e. The molecule has 0 N–H and O–H groups in total. The molecular weight excluding hydrogens is 152 g/mol. The molecule has 0 heterocycles. The summed E-state index contributed by atoms with van der Waals surface area (Å²) in [7, 11) is 1.84. The molecule has 1 unspecified atom stereocenters. The first-order chi connectivity index (χ1) is 5.54. The fraction of sp³-hybridized carbons (Fsp3) is 0.889. The molecule has 0 saturated heterocycles. The van der Waals surface area contributed by atoms with Crippen LogP contribution in [0.4, 0.5) is 0 Å². The zero-order chi connectivity index (χ0) is 9.72. The lowest BCUT2D eigenvalue weighted by molar-refractivity contribution is -0.132. The Hall–Kier alpha value is -0.570. The van der Waals surface area contributed by atoms with E-state index in [9.17, 15) is 4.79 Å². The third kappa shape index (κ3) is 2.81. The van der Waals surface area contributed by atoms with Crippen molar-refractivity contribution in [1.82, 2.24) is 9.80 Å². The summed E-state index contributed by atoms with van der Waals surface area (Å²) in [6, 6.07) is 0. The van der Waals surface area contributed by atoms with E-state index in [1.807, 2.05) is 7.05 Å². The van der Waals surface area contributed by atoms with Crippen LogP contribution in [0.2, 0.25) is 0 Å². The second kappa shape index (κ2) is 5.14. The normalized spacial score (nSPS) is 13.2. The third-order valence-corrected chi connectivity index (χ3v) is 2.40. The molecule has 1 amide bonds. The van der Waals surface area contributed by atoms with Gasteiger partial charge in [-0.3, -0.25) is 9.69 Å². The van der Waals surface area contributed by atoms with Crippen LogP contribution in [0, 0.1) is 0 Å². The number of nitrogens with zero attached hydrogens (tertiary/aromatic N) is 2. The molecule has 0 bridgehead atoms. The van der Waals surface area contributed by atoms with Gasteiger partial charge in [-0.15, -0.1) is 0 Å². The molecule has 1 atom stereocenters. The van der Waals surface area contributed by atoms with Crippen LogP contribution in [0.1, 0.15) is 27.7 Å². The number of carbonyl (C=O) groups excluding carboxylic acids is 1. The Bertz CT molecular complexity index is 143. The molecule has 12 heavy (non-hydrogen) atoms. The third-order valence-electron chi connectivity index (χ3n) is 2.40. The molecule has 3 nitrogen and oxygen atoms in total. The molecule has 0 aromatic carbocycles. The van der Waals surface area contributed by atoms with Gasteiger partial charge in [0.2, 0.25) is 5.91 Å². The molecule has 0 aromatic rings. The SMILES string of the molecule is CCN(CC)C(C)N(C)C(C)=O. The van der Waals surface area contributed by atoms with Crippen molar-refractivity contribution >= 4 is 5.91 Å². The highest BCUT2D eigenvalue weighted by Crippen LogP contribution is 2.02. The lowest BCUT2D eigenvalue weighted by Gasteiger charge is -2.33. The van der Waals surface area contributed by atoms with Crippen LogP contribution in [-0.4, -0.2) is 42.0 Å². The van der Waals surface area contributed by atoms with Crippen LogP contribution in [-0.2, 0) is 4.79 Å². The van der Waals surface area contributed by atoms with Crippen molar-refractivity contribution < 1.29 is 4.79 Å².